The van der Waals surface area contributed by atoms with Gasteiger partial charge in [0, 0.05) is 20.7 Å². The van der Waals surface area contributed by atoms with E-state index in [9.17, 15) is 8.42 Å². The molecule has 124 valence electrons. The van der Waals surface area contributed by atoms with E-state index in [-0.39, 0.29) is 18.2 Å². The van der Waals surface area contributed by atoms with E-state index < -0.39 is 10.0 Å². The summed E-state index contributed by atoms with van der Waals surface area (Å²) in [5, 5.41) is 4.24. The molecule has 0 bridgehead atoms. The van der Waals surface area contributed by atoms with Gasteiger partial charge in [-0.25, -0.2) is 8.42 Å². The van der Waals surface area contributed by atoms with Crippen LogP contribution < -0.4 is 0 Å². The van der Waals surface area contributed by atoms with E-state index in [1.54, 1.807) is 37.0 Å². The normalized spacial score (nSPS) is 29.7. The van der Waals surface area contributed by atoms with E-state index in [1.165, 1.54) is 0 Å². The van der Waals surface area contributed by atoms with E-state index in [2.05, 4.69) is 5.10 Å². The summed E-state index contributed by atoms with van der Waals surface area (Å²) < 4.78 is 40.7. The SMILES string of the molecule is CO[C@@H]1CC[C@@H]2[C@H]1OCCN2S(=O)(=O)c1c(C)nn(C)c1C. The number of ether oxygens (including phenoxy) is 2. The van der Waals surface area contributed by atoms with Crippen molar-refractivity contribution in [3.63, 3.8) is 0 Å². The molecule has 1 aromatic rings. The molecule has 0 amide bonds. The molecule has 22 heavy (non-hydrogen) atoms. The molecule has 3 rings (SSSR count). The molecule has 1 saturated heterocycles. The van der Waals surface area contributed by atoms with Crippen molar-refractivity contribution in [1.29, 1.82) is 0 Å². The van der Waals surface area contributed by atoms with E-state index in [4.69, 9.17) is 9.47 Å². The Morgan fingerprint density at radius 3 is 2.64 bits per heavy atom. The third-order valence-corrected chi connectivity index (χ3v) is 6.97. The van der Waals surface area contributed by atoms with Crippen LogP contribution in [0.15, 0.2) is 4.90 Å². The number of hydrogen-bond donors (Lipinski definition) is 0. The highest BCUT2D eigenvalue weighted by molar-refractivity contribution is 7.89. The molecule has 0 unspecified atom stereocenters. The fraction of sp³-hybridized carbons (Fsp3) is 0.786. The zero-order valence-electron chi connectivity index (χ0n) is 13.4. The number of aryl methyl sites for hydroxylation is 2. The fourth-order valence-electron chi connectivity index (χ4n) is 3.68. The minimum atomic E-state index is -3.57. The number of nitrogens with zero attached hydrogens (tertiary/aromatic N) is 3. The first-order valence-corrected chi connectivity index (χ1v) is 8.98. The molecule has 1 aliphatic heterocycles. The Balaban J connectivity index is 1.99. The first-order valence-electron chi connectivity index (χ1n) is 7.54. The number of sulfonamides is 1. The van der Waals surface area contributed by atoms with Gasteiger partial charge in [0.2, 0.25) is 10.0 Å². The summed E-state index contributed by atoms with van der Waals surface area (Å²) in [4.78, 5) is 0.330. The van der Waals surface area contributed by atoms with Crippen molar-refractivity contribution in [3.05, 3.63) is 11.4 Å². The minimum absolute atomic E-state index is 0.0286. The van der Waals surface area contributed by atoms with E-state index in [0.717, 1.165) is 12.8 Å². The van der Waals surface area contributed by atoms with Crippen LogP contribution in [0.4, 0.5) is 0 Å². The Kier molecular flexibility index (Phi) is 4.05. The molecule has 7 nitrogen and oxygen atoms in total. The second kappa shape index (κ2) is 5.59. The predicted octanol–water partition coefficient (Wildman–Crippen LogP) is 0.604. The number of hydrogen-bond acceptors (Lipinski definition) is 5. The molecule has 0 N–H and O–H groups in total. The highest BCUT2D eigenvalue weighted by atomic mass is 32.2. The predicted molar refractivity (Wildman–Crippen MR) is 80.1 cm³/mol. The Labute approximate surface area is 131 Å². The van der Waals surface area contributed by atoms with Gasteiger partial charge < -0.3 is 9.47 Å². The minimum Gasteiger partial charge on any atom is -0.379 e. The number of morpholine rings is 1. The van der Waals surface area contributed by atoms with Crippen molar-refractivity contribution in [3.8, 4) is 0 Å². The van der Waals surface area contributed by atoms with Crippen molar-refractivity contribution in [1.82, 2.24) is 14.1 Å². The van der Waals surface area contributed by atoms with Crippen LogP contribution in [-0.4, -0.2) is 61.0 Å². The molecule has 0 aromatic carbocycles. The van der Waals surface area contributed by atoms with E-state index >= 15 is 0 Å². The van der Waals surface area contributed by atoms with Gasteiger partial charge in [0.1, 0.15) is 11.0 Å². The van der Waals surface area contributed by atoms with Crippen molar-refractivity contribution >= 4 is 10.0 Å². The zero-order chi connectivity index (χ0) is 16.1. The molecule has 3 atom stereocenters. The van der Waals surface area contributed by atoms with Crippen LogP contribution >= 0.6 is 0 Å². The summed E-state index contributed by atoms with van der Waals surface area (Å²) in [5.41, 5.74) is 1.21. The molecule has 8 heteroatoms. The number of fused-ring (bicyclic) bond motifs is 1. The standard InChI is InChI=1S/C14H23N3O4S/c1-9-14(10(2)16(3)15-9)22(18,19)17-7-8-21-13-11(17)5-6-12(13)20-4/h11-13H,5-8H2,1-4H3/t11-,12-,13-/m1/s1. The van der Waals surface area contributed by atoms with Gasteiger partial charge in [-0.15, -0.1) is 0 Å². The van der Waals surface area contributed by atoms with Crippen molar-refractivity contribution in [2.24, 2.45) is 7.05 Å². The Hall–Kier alpha value is -0.960. The lowest BCUT2D eigenvalue weighted by Crippen LogP contribution is -2.53. The van der Waals surface area contributed by atoms with Crippen molar-refractivity contribution in [2.75, 3.05) is 20.3 Å². The molecule has 2 fully saturated rings. The Morgan fingerprint density at radius 2 is 2.05 bits per heavy atom. The molecule has 1 aliphatic carbocycles. The topological polar surface area (TPSA) is 73.7 Å². The summed E-state index contributed by atoms with van der Waals surface area (Å²) >= 11 is 0. The number of aromatic nitrogens is 2. The Morgan fingerprint density at radius 1 is 1.32 bits per heavy atom. The maximum absolute atomic E-state index is 13.2. The molecular weight excluding hydrogens is 306 g/mol. The first kappa shape index (κ1) is 15.9. The maximum atomic E-state index is 13.2. The summed E-state index contributed by atoms with van der Waals surface area (Å²) in [6.45, 7) is 4.31. The van der Waals surface area contributed by atoms with Gasteiger partial charge in [-0.1, -0.05) is 0 Å². The third-order valence-electron chi connectivity index (χ3n) is 4.80. The van der Waals surface area contributed by atoms with Crippen LogP contribution in [0.5, 0.6) is 0 Å². The third kappa shape index (κ3) is 2.29. The smallest absolute Gasteiger partial charge is 0.247 e. The molecular formula is C14H23N3O4S. The molecule has 1 aromatic heterocycles. The number of methoxy groups -OCH3 is 1. The molecule has 1 saturated carbocycles. The maximum Gasteiger partial charge on any atom is 0.247 e. The largest absolute Gasteiger partial charge is 0.379 e. The average molecular weight is 329 g/mol. The van der Waals surface area contributed by atoms with Crippen LogP contribution in [0.1, 0.15) is 24.2 Å². The zero-order valence-corrected chi connectivity index (χ0v) is 14.3. The van der Waals surface area contributed by atoms with Gasteiger partial charge in [-0.2, -0.15) is 9.40 Å². The summed E-state index contributed by atoms with van der Waals surface area (Å²) in [5.74, 6) is 0. The van der Waals surface area contributed by atoms with Crippen molar-refractivity contribution < 1.29 is 17.9 Å². The summed E-state index contributed by atoms with van der Waals surface area (Å²) in [7, 11) is -0.158. The second-order valence-electron chi connectivity index (χ2n) is 5.99. The monoisotopic (exact) mass is 329 g/mol. The molecule has 2 heterocycles. The van der Waals surface area contributed by atoms with Crippen LogP contribution in [0.2, 0.25) is 0 Å². The highest BCUT2D eigenvalue weighted by Crippen LogP contribution is 2.36. The average Bonchev–Trinajstić information content (AvgIpc) is 2.99. The van der Waals surface area contributed by atoms with Gasteiger partial charge in [-0.05, 0) is 26.7 Å². The van der Waals surface area contributed by atoms with Gasteiger partial charge in [0.15, 0.2) is 0 Å². The molecule has 2 aliphatic rings. The highest BCUT2D eigenvalue weighted by Gasteiger charge is 2.48. The van der Waals surface area contributed by atoms with Crippen LogP contribution in [-0.2, 0) is 26.5 Å². The lowest BCUT2D eigenvalue weighted by Gasteiger charge is -2.37. The number of rotatable bonds is 3. The van der Waals surface area contributed by atoms with Crippen LogP contribution in [0, 0.1) is 13.8 Å². The Bertz CT molecular complexity index is 670. The van der Waals surface area contributed by atoms with E-state index in [1.807, 2.05) is 0 Å². The lowest BCUT2D eigenvalue weighted by molar-refractivity contribution is -0.0848. The van der Waals surface area contributed by atoms with Gasteiger partial charge in [-0.3, -0.25) is 4.68 Å². The van der Waals surface area contributed by atoms with Crippen molar-refractivity contribution in [2.45, 2.75) is 49.8 Å². The first-order chi connectivity index (χ1) is 10.4. The van der Waals surface area contributed by atoms with E-state index in [0.29, 0.717) is 29.4 Å². The summed E-state index contributed by atoms with van der Waals surface area (Å²) in [6, 6.07) is -0.150. The fourth-order valence-corrected chi connectivity index (χ4v) is 5.73. The molecule has 0 radical (unpaired) electrons. The van der Waals surface area contributed by atoms with Gasteiger partial charge >= 0.3 is 0 Å². The van der Waals surface area contributed by atoms with Gasteiger partial charge in [0.25, 0.3) is 0 Å². The van der Waals surface area contributed by atoms with Crippen LogP contribution in [0.25, 0.3) is 0 Å². The van der Waals surface area contributed by atoms with Gasteiger partial charge in [0.05, 0.1) is 30.1 Å². The van der Waals surface area contributed by atoms with Crippen LogP contribution in [0.3, 0.4) is 0 Å². The summed E-state index contributed by atoms with van der Waals surface area (Å²) in [6.07, 6.45) is 1.38. The molecule has 0 spiro atoms. The second-order valence-corrected chi connectivity index (χ2v) is 7.82. The quantitative estimate of drug-likeness (QED) is 0.812. The lowest BCUT2D eigenvalue weighted by atomic mass is 10.2.